The Hall–Kier alpha value is -2.83. The van der Waals surface area contributed by atoms with Crippen LogP contribution in [0, 0.1) is 6.92 Å². The second kappa shape index (κ2) is 8.03. The minimum atomic E-state index is 0.124. The summed E-state index contributed by atoms with van der Waals surface area (Å²) in [7, 11) is 0. The summed E-state index contributed by atoms with van der Waals surface area (Å²) in [6.07, 6.45) is 0. The molecule has 7 heteroatoms. The van der Waals surface area contributed by atoms with Gasteiger partial charge in [0.2, 0.25) is 5.91 Å². The van der Waals surface area contributed by atoms with Gasteiger partial charge < -0.3 is 19.9 Å². The Bertz CT molecular complexity index is 772. The summed E-state index contributed by atoms with van der Waals surface area (Å²) in [5.41, 5.74) is 0.875. The van der Waals surface area contributed by atoms with Crippen LogP contribution in [0.25, 0.3) is 0 Å². The molecule has 1 saturated heterocycles. The van der Waals surface area contributed by atoms with Crippen molar-refractivity contribution >= 4 is 23.2 Å². The summed E-state index contributed by atoms with van der Waals surface area (Å²) in [4.78, 5) is 24.6. The van der Waals surface area contributed by atoms with Crippen molar-refractivity contribution in [2.75, 3.05) is 43.0 Å². The van der Waals surface area contributed by atoms with E-state index in [1.54, 1.807) is 6.92 Å². The van der Waals surface area contributed by atoms with Gasteiger partial charge in [-0.25, -0.2) is 9.97 Å². The standard InChI is InChI=1S/C19H25N5O2/c1-4-26-17-8-6-5-7-16(17)22-18-13-19(21-14(2)20-18)24-11-9-23(10-12-24)15(3)25/h5-8,13H,4,9-12H2,1-3H3,(H,20,21,22). The highest BCUT2D eigenvalue weighted by atomic mass is 16.5. The zero-order valence-electron chi connectivity index (χ0n) is 15.5. The van der Waals surface area contributed by atoms with E-state index in [1.807, 2.05) is 49.1 Å². The molecule has 1 aromatic heterocycles. The predicted octanol–water partition coefficient (Wildman–Crippen LogP) is 2.60. The fourth-order valence-electron chi connectivity index (χ4n) is 3.02. The number of piperazine rings is 1. The first kappa shape index (κ1) is 18.0. The first-order valence-corrected chi connectivity index (χ1v) is 8.92. The molecule has 2 heterocycles. The fourth-order valence-corrected chi connectivity index (χ4v) is 3.02. The largest absolute Gasteiger partial charge is 0.492 e. The number of hydrogen-bond acceptors (Lipinski definition) is 6. The number of para-hydroxylation sites is 2. The van der Waals surface area contributed by atoms with E-state index in [4.69, 9.17) is 4.74 Å². The van der Waals surface area contributed by atoms with Gasteiger partial charge >= 0.3 is 0 Å². The molecule has 1 aliphatic heterocycles. The third kappa shape index (κ3) is 4.22. The van der Waals surface area contributed by atoms with E-state index in [-0.39, 0.29) is 5.91 Å². The number of nitrogens with zero attached hydrogens (tertiary/aromatic N) is 4. The van der Waals surface area contributed by atoms with Crippen molar-refractivity contribution in [2.45, 2.75) is 20.8 Å². The SMILES string of the molecule is CCOc1ccccc1Nc1cc(N2CCN(C(C)=O)CC2)nc(C)n1. The normalized spacial score (nSPS) is 14.3. The summed E-state index contributed by atoms with van der Waals surface area (Å²) in [6, 6.07) is 9.75. The van der Waals surface area contributed by atoms with Gasteiger partial charge in [0.05, 0.1) is 12.3 Å². The molecule has 3 rings (SSSR count). The van der Waals surface area contributed by atoms with Crippen LogP contribution in [0.1, 0.15) is 19.7 Å². The van der Waals surface area contributed by atoms with Crippen LogP contribution < -0.4 is 15.0 Å². The average Bonchev–Trinajstić information content (AvgIpc) is 2.63. The lowest BCUT2D eigenvalue weighted by Crippen LogP contribution is -2.48. The Labute approximate surface area is 154 Å². The Kier molecular flexibility index (Phi) is 5.55. The third-order valence-electron chi connectivity index (χ3n) is 4.32. The fraction of sp³-hybridized carbons (Fsp3) is 0.421. The van der Waals surface area contributed by atoms with Gasteiger partial charge in [-0.1, -0.05) is 12.1 Å². The van der Waals surface area contributed by atoms with Crippen LogP contribution >= 0.6 is 0 Å². The monoisotopic (exact) mass is 355 g/mol. The molecule has 7 nitrogen and oxygen atoms in total. The van der Waals surface area contributed by atoms with Crippen molar-refractivity contribution in [2.24, 2.45) is 0 Å². The van der Waals surface area contributed by atoms with Crippen molar-refractivity contribution in [1.29, 1.82) is 0 Å². The summed E-state index contributed by atoms with van der Waals surface area (Å²) in [5, 5.41) is 3.34. The van der Waals surface area contributed by atoms with Gasteiger partial charge in [0.25, 0.3) is 0 Å². The molecule has 0 atom stereocenters. The van der Waals surface area contributed by atoms with E-state index in [1.165, 1.54) is 0 Å². The molecule has 0 saturated carbocycles. The molecular formula is C19H25N5O2. The molecule has 0 spiro atoms. The van der Waals surface area contributed by atoms with Gasteiger partial charge in [-0.3, -0.25) is 4.79 Å². The van der Waals surface area contributed by atoms with Crippen LogP contribution in [0.15, 0.2) is 30.3 Å². The highest BCUT2D eigenvalue weighted by molar-refractivity contribution is 5.73. The second-order valence-electron chi connectivity index (χ2n) is 6.21. The topological polar surface area (TPSA) is 70.6 Å². The third-order valence-corrected chi connectivity index (χ3v) is 4.32. The van der Waals surface area contributed by atoms with Gasteiger partial charge in [0, 0.05) is 39.2 Å². The number of benzene rings is 1. The van der Waals surface area contributed by atoms with E-state index in [0.717, 1.165) is 36.2 Å². The lowest BCUT2D eigenvalue weighted by molar-refractivity contribution is -0.129. The summed E-state index contributed by atoms with van der Waals surface area (Å²) < 4.78 is 5.67. The Balaban J connectivity index is 1.77. The number of hydrogen-bond donors (Lipinski definition) is 1. The lowest BCUT2D eigenvalue weighted by Gasteiger charge is -2.35. The average molecular weight is 355 g/mol. The predicted molar refractivity (Wildman–Crippen MR) is 102 cm³/mol. The zero-order valence-corrected chi connectivity index (χ0v) is 15.5. The van der Waals surface area contributed by atoms with Crippen LogP contribution in [-0.4, -0.2) is 53.6 Å². The first-order chi connectivity index (χ1) is 12.6. The quantitative estimate of drug-likeness (QED) is 0.889. The molecule has 0 radical (unpaired) electrons. The molecule has 138 valence electrons. The molecule has 1 aliphatic rings. The van der Waals surface area contributed by atoms with Gasteiger partial charge in [0.1, 0.15) is 23.2 Å². The molecule has 0 bridgehead atoms. The Morgan fingerprint density at radius 1 is 1.19 bits per heavy atom. The van der Waals surface area contributed by atoms with Gasteiger partial charge in [0.15, 0.2) is 0 Å². The molecule has 2 aromatic rings. The molecule has 0 unspecified atom stereocenters. The number of nitrogens with one attached hydrogen (secondary N) is 1. The van der Waals surface area contributed by atoms with Crippen molar-refractivity contribution in [3.05, 3.63) is 36.2 Å². The number of carbonyl (C=O) groups is 1. The highest BCUT2D eigenvalue weighted by Gasteiger charge is 2.20. The number of aryl methyl sites for hydroxylation is 1. The Morgan fingerprint density at radius 3 is 2.62 bits per heavy atom. The first-order valence-electron chi connectivity index (χ1n) is 8.92. The Morgan fingerprint density at radius 2 is 1.92 bits per heavy atom. The van der Waals surface area contributed by atoms with Crippen molar-refractivity contribution < 1.29 is 9.53 Å². The molecular weight excluding hydrogens is 330 g/mol. The van der Waals surface area contributed by atoms with E-state index in [2.05, 4.69) is 20.2 Å². The number of anilines is 3. The van der Waals surface area contributed by atoms with Crippen LogP contribution in [-0.2, 0) is 4.79 Å². The summed E-state index contributed by atoms with van der Waals surface area (Å²) in [5.74, 6) is 3.22. The molecule has 0 aliphatic carbocycles. The number of aromatic nitrogens is 2. The van der Waals surface area contributed by atoms with Crippen molar-refractivity contribution in [1.82, 2.24) is 14.9 Å². The molecule has 26 heavy (non-hydrogen) atoms. The maximum absolute atomic E-state index is 11.5. The molecule has 1 N–H and O–H groups in total. The number of ether oxygens (including phenoxy) is 1. The van der Waals surface area contributed by atoms with Crippen LogP contribution in [0.3, 0.4) is 0 Å². The maximum Gasteiger partial charge on any atom is 0.219 e. The van der Waals surface area contributed by atoms with Crippen molar-refractivity contribution in [3.63, 3.8) is 0 Å². The lowest BCUT2D eigenvalue weighted by atomic mass is 10.3. The van der Waals surface area contributed by atoms with E-state index in [9.17, 15) is 4.79 Å². The minimum Gasteiger partial charge on any atom is -0.492 e. The molecule has 1 amide bonds. The number of rotatable bonds is 5. The van der Waals surface area contributed by atoms with Gasteiger partial charge in [-0.15, -0.1) is 0 Å². The van der Waals surface area contributed by atoms with Gasteiger partial charge in [-0.2, -0.15) is 0 Å². The molecule has 1 fully saturated rings. The molecule has 1 aromatic carbocycles. The summed E-state index contributed by atoms with van der Waals surface area (Å²) >= 11 is 0. The van der Waals surface area contributed by atoms with Gasteiger partial charge in [-0.05, 0) is 26.0 Å². The van der Waals surface area contributed by atoms with Crippen LogP contribution in [0.2, 0.25) is 0 Å². The highest BCUT2D eigenvalue weighted by Crippen LogP contribution is 2.28. The van der Waals surface area contributed by atoms with E-state index >= 15 is 0 Å². The van der Waals surface area contributed by atoms with E-state index in [0.29, 0.717) is 25.5 Å². The smallest absolute Gasteiger partial charge is 0.219 e. The van der Waals surface area contributed by atoms with Crippen LogP contribution in [0.4, 0.5) is 17.3 Å². The van der Waals surface area contributed by atoms with Crippen LogP contribution in [0.5, 0.6) is 5.75 Å². The zero-order chi connectivity index (χ0) is 18.5. The summed E-state index contributed by atoms with van der Waals surface area (Å²) in [6.45, 7) is 9.04. The van der Waals surface area contributed by atoms with Crippen molar-refractivity contribution in [3.8, 4) is 5.75 Å². The second-order valence-corrected chi connectivity index (χ2v) is 6.21. The van der Waals surface area contributed by atoms with E-state index < -0.39 is 0 Å². The number of carbonyl (C=O) groups excluding carboxylic acids is 1. The number of amides is 1. The maximum atomic E-state index is 11.5. The minimum absolute atomic E-state index is 0.124.